The molecule has 3 nitrogen and oxygen atoms in total. The second kappa shape index (κ2) is 6.53. The van der Waals surface area contributed by atoms with Crippen LogP contribution in [-0.4, -0.2) is 20.6 Å². The van der Waals surface area contributed by atoms with Crippen LogP contribution < -0.4 is 14.2 Å². The number of terminal acetylenes is 1. The van der Waals surface area contributed by atoms with Crippen molar-refractivity contribution in [2.24, 2.45) is 0 Å². The fourth-order valence-electron chi connectivity index (χ4n) is 2.07. The SMILES string of the molecule is C#Cc1cc(OC(F)(F)F)cc(-c2ccc(OC)cc2OC)c1. The highest BCUT2D eigenvalue weighted by Crippen LogP contribution is 2.36. The third-order valence-corrected chi connectivity index (χ3v) is 3.03. The first-order chi connectivity index (χ1) is 10.9. The molecule has 0 unspecified atom stereocenters. The lowest BCUT2D eigenvalue weighted by Gasteiger charge is -2.14. The normalized spacial score (nSPS) is 10.8. The molecule has 0 aliphatic carbocycles. The van der Waals surface area contributed by atoms with E-state index in [1.54, 1.807) is 24.3 Å². The van der Waals surface area contributed by atoms with Crippen molar-refractivity contribution in [3.63, 3.8) is 0 Å². The maximum absolute atomic E-state index is 12.4. The molecule has 120 valence electrons. The zero-order valence-corrected chi connectivity index (χ0v) is 12.4. The third-order valence-electron chi connectivity index (χ3n) is 3.03. The van der Waals surface area contributed by atoms with E-state index in [2.05, 4.69) is 10.7 Å². The number of methoxy groups -OCH3 is 2. The Kier molecular flexibility index (Phi) is 4.70. The summed E-state index contributed by atoms with van der Waals surface area (Å²) in [5, 5.41) is 0. The molecule has 0 spiro atoms. The van der Waals surface area contributed by atoms with Crippen LogP contribution >= 0.6 is 0 Å². The summed E-state index contributed by atoms with van der Waals surface area (Å²) in [5.74, 6) is 2.92. The molecule has 0 heterocycles. The van der Waals surface area contributed by atoms with Gasteiger partial charge < -0.3 is 14.2 Å². The van der Waals surface area contributed by atoms with E-state index in [1.807, 2.05) is 0 Å². The molecular weight excluding hydrogens is 309 g/mol. The molecule has 23 heavy (non-hydrogen) atoms. The predicted octanol–water partition coefficient (Wildman–Crippen LogP) is 4.25. The minimum absolute atomic E-state index is 0.264. The van der Waals surface area contributed by atoms with Crippen molar-refractivity contribution in [2.45, 2.75) is 6.36 Å². The van der Waals surface area contributed by atoms with Gasteiger partial charge in [-0.15, -0.1) is 19.6 Å². The molecular formula is C17H13F3O3. The Labute approximate surface area is 131 Å². The lowest BCUT2D eigenvalue weighted by Crippen LogP contribution is -2.17. The second-order valence-corrected chi connectivity index (χ2v) is 4.50. The highest BCUT2D eigenvalue weighted by Gasteiger charge is 2.31. The Morgan fingerprint density at radius 2 is 1.70 bits per heavy atom. The highest BCUT2D eigenvalue weighted by atomic mass is 19.4. The van der Waals surface area contributed by atoms with Gasteiger partial charge in [-0.25, -0.2) is 0 Å². The van der Waals surface area contributed by atoms with Gasteiger partial charge in [0.25, 0.3) is 0 Å². The summed E-state index contributed by atoms with van der Waals surface area (Å²) in [6.45, 7) is 0. The van der Waals surface area contributed by atoms with Crippen LogP contribution in [0.4, 0.5) is 13.2 Å². The summed E-state index contributed by atoms with van der Waals surface area (Å²) in [5.41, 5.74) is 1.27. The fourth-order valence-corrected chi connectivity index (χ4v) is 2.07. The summed E-state index contributed by atoms with van der Waals surface area (Å²) in [6.07, 6.45) is 0.510. The Morgan fingerprint density at radius 1 is 0.957 bits per heavy atom. The topological polar surface area (TPSA) is 27.7 Å². The van der Waals surface area contributed by atoms with Gasteiger partial charge in [-0.1, -0.05) is 5.92 Å². The van der Waals surface area contributed by atoms with Crippen molar-refractivity contribution in [3.05, 3.63) is 42.0 Å². The van der Waals surface area contributed by atoms with Gasteiger partial charge in [-0.05, 0) is 35.9 Å². The van der Waals surface area contributed by atoms with Gasteiger partial charge >= 0.3 is 6.36 Å². The van der Waals surface area contributed by atoms with E-state index in [0.717, 1.165) is 6.07 Å². The zero-order chi connectivity index (χ0) is 17.0. The van der Waals surface area contributed by atoms with Gasteiger partial charge in [0.2, 0.25) is 0 Å². The van der Waals surface area contributed by atoms with Crippen LogP contribution in [0.25, 0.3) is 11.1 Å². The monoisotopic (exact) mass is 322 g/mol. The lowest BCUT2D eigenvalue weighted by atomic mass is 10.0. The van der Waals surface area contributed by atoms with E-state index in [1.165, 1.54) is 20.3 Å². The van der Waals surface area contributed by atoms with Gasteiger partial charge in [0.05, 0.1) is 14.2 Å². The molecule has 2 aromatic carbocycles. The van der Waals surface area contributed by atoms with Crippen LogP contribution in [0.3, 0.4) is 0 Å². The van der Waals surface area contributed by atoms with E-state index in [9.17, 15) is 13.2 Å². The van der Waals surface area contributed by atoms with Gasteiger partial charge in [-0.2, -0.15) is 0 Å². The number of ether oxygens (including phenoxy) is 3. The number of rotatable bonds is 4. The first-order valence-corrected chi connectivity index (χ1v) is 6.46. The van der Waals surface area contributed by atoms with Crippen molar-refractivity contribution >= 4 is 0 Å². The van der Waals surface area contributed by atoms with Gasteiger partial charge in [0.1, 0.15) is 17.2 Å². The minimum atomic E-state index is -4.80. The standard InChI is InChI=1S/C17H13F3O3/c1-4-11-7-12(9-14(8-11)23-17(18,19)20)15-6-5-13(21-2)10-16(15)22-3/h1,5-10H,2-3H3. The molecule has 0 saturated heterocycles. The molecule has 0 fully saturated rings. The molecule has 0 N–H and O–H groups in total. The van der Waals surface area contributed by atoms with Crippen LogP contribution in [0.1, 0.15) is 5.56 Å². The molecule has 0 atom stereocenters. The fraction of sp³-hybridized carbons (Fsp3) is 0.176. The van der Waals surface area contributed by atoms with E-state index >= 15 is 0 Å². The molecule has 0 aliphatic heterocycles. The van der Waals surface area contributed by atoms with Gasteiger partial charge in [-0.3, -0.25) is 0 Å². The zero-order valence-electron chi connectivity index (χ0n) is 12.4. The minimum Gasteiger partial charge on any atom is -0.497 e. The van der Waals surface area contributed by atoms with Crippen molar-refractivity contribution < 1.29 is 27.4 Å². The smallest absolute Gasteiger partial charge is 0.497 e. The summed E-state index contributed by atoms with van der Waals surface area (Å²) in [6, 6.07) is 8.94. The number of benzene rings is 2. The molecule has 6 heteroatoms. The Hall–Kier alpha value is -2.81. The molecule has 0 amide bonds. The molecule has 0 radical (unpaired) electrons. The Morgan fingerprint density at radius 3 is 2.26 bits per heavy atom. The van der Waals surface area contributed by atoms with Crippen molar-refractivity contribution in [1.82, 2.24) is 0 Å². The molecule has 2 aromatic rings. The first kappa shape index (κ1) is 16.6. The largest absolute Gasteiger partial charge is 0.573 e. The second-order valence-electron chi connectivity index (χ2n) is 4.50. The van der Waals surface area contributed by atoms with E-state index in [-0.39, 0.29) is 11.3 Å². The van der Waals surface area contributed by atoms with E-state index in [0.29, 0.717) is 22.6 Å². The summed E-state index contributed by atoms with van der Waals surface area (Å²) >= 11 is 0. The van der Waals surface area contributed by atoms with Crippen LogP contribution in [0.5, 0.6) is 17.2 Å². The summed E-state index contributed by atoms with van der Waals surface area (Å²) < 4.78 is 51.6. The molecule has 0 saturated carbocycles. The summed E-state index contributed by atoms with van der Waals surface area (Å²) in [7, 11) is 2.96. The van der Waals surface area contributed by atoms with Crippen molar-refractivity contribution in [1.29, 1.82) is 0 Å². The number of halogens is 3. The molecule has 2 rings (SSSR count). The summed E-state index contributed by atoms with van der Waals surface area (Å²) in [4.78, 5) is 0. The van der Waals surface area contributed by atoms with E-state index < -0.39 is 6.36 Å². The van der Waals surface area contributed by atoms with Gasteiger partial charge in [0.15, 0.2) is 0 Å². The molecule has 0 bridgehead atoms. The predicted molar refractivity (Wildman–Crippen MR) is 79.6 cm³/mol. The quantitative estimate of drug-likeness (QED) is 0.788. The van der Waals surface area contributed by atoms with Gasteiger partial charge in [0, 0.05) is 17.2 Å². The van der Waals surface area contributed by atoms with Crippen LogP contribution in [-0.2, 0) is 0 Å². The number of hydrogen-bond donors (Lipinski definition) is 0. The molecule has 0 aromatic heterocycles. The Balaban J connectivity index is 2.55. The molecule has 0 aliphatic rings. The first-order valence-electron chi connectivity index (χ1n) is 6.46. The average molecular weight is 322 g/mol. The average Bonchev–Trinajstić information content (AvgIpc) is 2.52. The Bertz CT molecular complexity index is 746. The van der Waals surface area contributed by atoms with Crippen LogP contribution in [0, 0.1) is 12.3 Å². The lowest BCUT2D eigenvalue weighted by molar-refractivity contribution is -0.274. The van der Waals surface area contributed by atoms with Crippen molar-refractivity contribution in [2.75, 3.05) is 14.2 Å². The number of alkyl halides is 3. The van der Waals surface area contributed by atoms with Crippen LogP contribution in [0.15, 0.2) is 36.4 Å². The highest BCUT2D eigenvalue weighted by molar-refractivity contribution is 5.74. The third kappa shape index (κ3) is 4.10. The number of hydrogen-bond acceptors (Lipinski definition) is 3. The maximum Gasteiger partial charge on any atom is 0.573 e. The maximum atomic E-state index is 12.4. The van der Waals surface area contributed by atoms with E-state index in [4.69, 9.17) is 15.9 Å². The van der Waals surface area contributed by atoms with Crippen molar-refractivity contribution in [3.8, 4) is 40.7 Å². The van der Waals surface area contributed by atoms with Crippen LogP contribution in [0.2, 0.25) is 0 Å².